The molecule has 0 aliphatic carbocycles. The van der Waals surface area contributed by atoms with Crippen LogP contribution in [0.25, 0.3) is 0 Å². The number of hydrogen-bond donors (Lipinski definition) is 0. The Morgan fingerprint density at radius 2 is 1.55 bits per heavy atom. The van der Waals surface area contributed by atoms with Gasteiger partial charge in [0.1, 0.15) is 5.75 Å². The van der Waals surface area contributed by atoms with Crippen LogP contribution in [0.3, 0.4) is 0 Å². The maximum Gasteiger partial charge on any atom is 0.251 e. The van der Waals surface area contributed by atoms with Crippen LogP contribution in [0.4, 0.5) is 11.4 Å². The topological polar surface area (TPSA) is 70.2 Å². The molecule has 1 atom stereocenters. The number of Topliss-reactive ketones (excluding diaryl/α,β-unsaturated/α-hetero) is 1. The van der Waals surface area contributed by atoms with Crippen LogP contribution in [-0.4, -0.2) is 61.3 Å². The summed E-state index contributed by atoms with van der Waals surface area (Å²) in [5.74, 6) is 0.446. The number of ether oxygens (including phenoxy) is 1. The number of imide groups is 1. The number of nitrogens with zero attached hydrogens (tertiary/aromatic N) is 3. The molecule has 0 N–H and O–H groups in total. The molecule has 2 aliphatic rings. The molecule has 2 aromatic rings. The quantitative estimate of drug-likeness (QED) is 0.528. The lowest BCUT2D eigenvalue weighted by atomic mass is 10.1. The van der Waals surface area contributed by atoms with Gasteiger partial charge >= 0.3 is 0 Å². The van der Waals surface area contributed by atoms with E-state index in [1.807, 2.05) is 31.2 Å². The molecule has 2 aromatic carbocycles. The van der Waals surface area contributed by atoms with Gasteiger partial charge in [0.15, 0.2) is 5.78 Å². The van der Waals surface area contributed by atoms with Crippen molar-refractivity contribution in [1.82, 2.24) is 4.90 Å². The Morgan fingerprint density at radius 3 is 2.13 bits per heavy atom. The highest BCUT2D eigenvalue weighted by Gasteiger charge is 2.43. The summed E-state index contributed by atoms with van der Waals surface area (Å²) in [6.45, 7) is 6.97. The number of carbonyl (C=O) groups excluding carboxylic acids is 3. The first-order chi connectivity index (χ1) is 15.0. The Hall–Kier alpha value is -3.19. The molecule has 7 heteroatoms. The molecule has 162 valence electrons. The summed E-state index contributed by atoms with van der Waals surface area (Å²) in [6, 6.07) is 14.3. The fraction of sp³-hybridized carbons (Fsp3) is 0.375. The highest BCUT2D eigenvalue weighted by molar-refractivity contribution is 6.22. The molecule has 0 spiro atoms. The number of anilines is 2. The highest BCUT2D eigenvalue weighted by atomic mass is 16.5. The summed E-state index contributed by atoms with van der Waals surface area (Å²) >= 11 is 0. The molecular weight excluding hydrogens is 394 g/mol. The predicted octanol–water partition coefficient (Wildman–Crippen LogP) is 2.74. The molecule has 0 saturated carbocycles. The van der Waals surface area contributed by atoms with Crippen molar-refractivity contribution in [2.24, 2.45) is 0 Å². The summed E-state index contributed by atoms with van der Waals surface area (Å²) in [4.78, 5) is 42.8. The van der Waals surface area contributed by atoms with Crippen molar-refractivity contribution in [3.63, 3.8) is 0 Å². The second kappa shape index (κ2) is 8.89. The largest absolute Gasteiger partial charge is 0.494 e. The van der Waals surface area contributed by atoms with Crippen molar-refractivity contribution in [1.29, 1.82) is 0 Å². The smallest absolute Gasteiger partial charge is 0.251 e. The van der Waals surface area contributed by atoms with Gasteiger partial charge in [0.25, 0.3) is 5.91 Å². The monoisotopic (exact) mass is 421 g/mol. The maximum atomic E-state index is 13.1. The summed E-state index contributed by atoms with van der Waals surface area (Å²) < 4.78 is 5.44. The fourth-order valence-corrected chi connectivity index (χ4v) is 4.23. The Labute approximate surface area is 182 Å². The molecule has 1 unspecified atom stereocenters. The third-order valence-electron chi connectivity index (χ3n) is 5.92. The van der Waals surface area contributed by atoms with Crippen molar-refractivity contribution < 1.29 is 19.1 Å². The second-order valence-corrected chi connectivity index (χ2v) is 7.84. The predicted molar refractivity (Wildman–Crippen MR) is 119 cm³/mol. The van der Waals surface area contributed by atoms with E-state index in [-0.39, 0.29) is 24.0 Å². The molecule has 7 nitrogen and oxygen atoms in total. The number of amides is 2. The van der Waals surface area contributed by atoms with Crippen LogP contribution in [0.1, 0.15) is 30.6 Å². The van der Waals surface area contributed by atoms with E-state index < -0.39 is 6.04 Å². The van der Waals surface area contributed by atoms with Gasteiger partial charge in [0.05, 0.1) is 24.8 Å². The molecule has 31 heavy (non-hydrogen) atoms. The molecule has 2 saturated heterocycles. The van der Waals surface area contributed by atoms with Crippen LogP contribution in [0, 0.1) is 0 Å². The van der Waals surface area contributed by atoms with Crippen molar-refractivity contribution in [3.8, 4) is 5.75 Å². The lowest BCUT2D eigenvalue weighted by Gasteiger charge is -2.38. The number of benzene rings is 2. The average molecular weight is 421 g/mol. The minimum atomic E-state index is -0.415. The Morgan fingerprint density at radius 1 is 0.935 bits per heavy atom. The van der Waals surface area contributed by atoms with Crippen LogP contribution < -0.4 is 14.5 Å². The second-order valence-electron chi connectivity index (χ2n) is 7.84. The van der Waals surface area contributed by atoms with Crippen molar-refractivity contribution in [3.05, 3.63) is 54.1 Å². The first-order valence-electron chi connectivity index (χ1n) is 10.7. The zero-order valence-corrected chi connectivity index (χ0v) is 17.9. The van der Waals surface area contributed by atoms with E-state index in [1.54, 1.807) is 31.2 Å². The van der Waals surface area contributed by atoms with Crippen LogP contribution in [0.2, 0.25) is 0 Å². The summed E-state index contributed by atoms with van der Waals surface area (Å²) in [6.07, 6.45) is 0.208. The SMILES string of the molecule is CCOc1ccc(N2C(=O)CC(N3CCN(c4ccc(C(C)=O)cc4)CC3)C2=O)cc1. The number of ketones is 1. The molecule has 2 heterocycles. The standard InChI is InChI=1S/C24H27N3O4/c1-3-31-21-10-8-20(9-11-21)27-23(29)16-22(24(27)30)26-14-12-25(13-15-26)19-6-4-18(5-7-19)17(2)28/h4-11,22H,3,12-16H2,1-2H3. The lowest BCUT2D eigenvalue weighted by Crippen LogP contribution is -2.52. The molecule has 2 aliphatic heterocycles. The van der Waals surface area contributed by atoms with E-state index in [1.165, 1.54) is 4.90 Å². The molecule has 0 aromatic heterocycles. The fourth-order valence-electron chi connectivity index (χ4n) is 4.23. The first-order valence-corrected chi connectivity index (χ1v) is 10.7. The zero-order chi connectivity index (χ0) is 22.0. The van der Waals surface area contributed by atoms with Crippen LogP contribution in [-0.2, 0) is 9.59 Å². The van der Waals surface area contributed by atoms with Gasteiger partial charge in [-0.1, -0.05) is 0 Å². The Bertz CT molecular complexity index is 963. The minimum Gasteiger partial charge on any atom is -0.494 e. The molecule has 2 amide bonds. The first kappa shape index (κ1) is 21.1. The third kappa shape index (κ3) is 4.32. The van der Waals surface area contributed by atoms with Gasteiger partial charge in [-0.15, -0.1) is 0 Å². The van der Waals surface area contributed by atoms with E-state index in [0.717, 1.165) is 18.8 Å². The Kier molecular flexibility index (Phi) is 6.04. The normalized spacial score (nSPS) is 19.7. The van der Waals surface area contributed by atoms with Gasteiger partial charge in [-0.05, 0) is 62.4 Å². The van der Waals surface area contributed by atoms with E-state index >= 15 is 0 Å². The van der Waals surface area contributed by atoms with Crippen LogP contribution in [0.5, 0.6) is 5.75 Å². The van der Waals surface area contributed by atoms with E-state index in [2.05, 4.69) is 9.80 Å². The minimum absolute atomic E-state index is 0.0536. The average Bonchev–Trinajstić information content (AvgIpc) is 3.09. The van der Waals surface area contributed by atoms with Crippen LogP contribution >= 0.6 is 0 Å². The lowest BCUT2D eigenvalue weighted by molar-refractivity contribution is -0.123. The van der Waals surface area contributed by atoms with Gasteiger partial charge in [0, 0.05) is 37.4 Å². The van der Waals surface area contributed by atoms with Gasteiger partial charge < -0.3 is 9.64 Å². The number of carbonyl (C=O) groups is 3. The van der Waals surface area contributed by atoms with Gasteiger partial charge in [0.2, 0.25) is 5.91 Å². The number of piperazine rings is 1. The Balaban J connectivity index is 1.39. The molecule has 4 rings (SSSR count). The van der Waals surface area contributed by atoms with E-state index in [4.69, 9.17) is 4.74 Å². The van der Waals surface area contributed by atoms with Gasteiger partial charge in [-0.2, -0.15) is 0 Å². The van der Waals surface area contributed by atoms with E-state index in [0.29, 0.717) is 36.7 Å². The molecule has 0 bridgehead atoms. The molecule has 2 fully saturated rings. The van der Waals surface area contributed by atoms with Gasteiger partial charge in [-0.25, -0.2) is 4.90 Å². The molecular formula is C24H27N3O4. The van der Waals surface area contributed by atoms with Crippen LogP contribution in [0.15, 0.2) is 48.5 Å². The van der Waals surface area contributed by atoms with E-state index in [9.17, 15) is 14.4 Å². The number of hydrogen-bond acceptors (Lipinski definition) is 6. The third-order valence-corrected chi connectivity index (χ3v) is 5.92. The number of rotatable bonds is 6. The van der Waals surface area contributed by atoms with Crippen molar-refractivity contribution in [2.75, 3.05) is 42.6 Å². The summed E-state index contributed by atoms with van der Waals surface area (Å²) in [5.41, 5.74) is 2.35. The maximum absolute atomic E-state index is 13.1. The zero-order valence-electron chi connectivity index (χ0n) is 17.9. The molecule has 0 radical (unpaired) electrons. The summed E-state index contributed by atoms with van der Waals surface area (Å²) in [7, 11) is 0. The van der Waals surface area contributed by atoms with Crippen molar-refractivity contribution in [2.45, 2.75) is 26.3 Å². The highest BCUT2D eigenvalue weighted by Crippen LogP contribution is 2.28. The summed E-state index contributed by atoms with van der Waals surface area (Å²) in [5, 5.41) is 0. The van der Waals surface area contributed by atoms with Crippen molar-refractivity contribution >= 4 is 29.0 Å². The van der Waals surface area contributed by atoms with Gasteiger partial charge in [-0.3, -0.25) is 19.3 Å².